The van der Waals surface area contributed by atoms with Crippen molar-refractivity contribution in [3.8, 4) is 0 Å². The van der Waals surface area contributed by atoms with Crippen molar-refractivity contribution in [3.05, 3.63) is 89.0 Å². The van der Waals surface area contributed by atoms with Gasteiger partial charge in [0, 0.05) is 18.0 Å². The van der Waals surface area contributed by atoms with E-state index in [9.17, 15) is 9.18 Å². The third kappa shape index (κ3) is 3.67. The number of halogens is 2. The van der Waals surface area contributed by atoms with Gasteiger partial charge in [-0.05, 0) is 42.0 Å². The predicted molar refractivity (Wildman–Crippen MR) is 106 cm³/mol. The van der Waals surface area contributed by atoms with Crippen molar-refractivity contribution in [1.29, 1.82) is 0 Å². The zero-order valence-electron chi connectivity index (χ0n) is 14.0. The topological polar surface area (TPSA) is 46.1 Å². The number of aromatic nitrogens is 2. The van der Waals surface area contributed by atoms with Crippen LogP contribution in [0.25, 0.3) is 10.2 Å². The Hall–Kier alpha value is -2.83. The number of rotatable bonds is 4. The van der Waals surface area contributed by atoms with Crippen molar-refractivity contribution in [1.82, 2.24) is 9.97 Å². The summed E-state index contributed by atoms with van der Waals surface area (Å²) in [6.45, 7) is 0.265. The summed E-state index contributed by atoms with van der Waals surface area (Å²) in [6.07, 6.45) is 3.35. The summed E-state index contributed by atoms with van der Waals surface area (Å²) in [4.78, 5) is 23.3. The van der Waals surface area contributed by atoms with Crippen LogP contribution in [-0.2, 0) is 6.54 Å². The van der Waals surface area contributed by atoms with Gasteiger partial charge in [-0.1, -0.05) is 41.1 Å². The fourth-order valence-electron chi connectivity index (χ4n) is 2.70. The lowest BCUT2D eigenvalue weighted by atomic mass is 10.2. The summed E-state index contributed by atoms with van der Waals surface area (Å²) < 4.78 is 14.5. The van der Waals surface area contributed by atoms with Crippen molar-refractivity contribution in [2.75, 3.05) is 4.90 Å². The Kier molecular flexibility index (Phi) is 4.83. The number of thiazole rings is 1. The van der Waals surface area contributed by atoms with E-state index < -0.39 is 5.82 Å². The highest BCUT2D eigenvalue weighted by atomic mass is 35.5. The maximum atomic E-state index is 13.6. The molecule has 2 aromatic carbocycles. The predicted octanol–water partition coefficient (Wildman–Crippen LogP) is 5.33. The third-order valence-corrected chi connectivity index (χ3v) is 5.32. The molecular weight excluding hydrogens is 385 g/mol. The molecule has 0 N–H and O–H groups in total. The smallest absolute Gasteiger partial charge is 0.260 e. The fraction of sp³-hybridized carbons (Fsp3) is 0.0500. The van der Waals surface area contributed by atoms with Crippen molar-refractivity contribution >= 4 is 44.2 Å². The zero-order chi connectivity index (χ0) is 18.8. The molecule has 4 aromatic rings. The largest absolute Gasteiger partial charge is 0.279 e. The van der Waals surface area contributed by atoms with Gasteiger partial charge in [-0.15, -0.1) is 0 Å². The number of fused-ring (bicyclic) bond motifs is 1. The Morgan fingerprint density at radius 3 is 2.74 bits per heavy atom. The van der Waals surface area contributed by atoms with E-state index in [1.807, 2.05) is 18.2 Å². The summed E-state index contributed by atoms with van der Waals surface area (Å²) in [7, 11) is 0. The van der Waals surface area contributed by atoms with Gasteiger partial charge >= 0.3 is 0 Å². The number of carbonyl (C=O) groups excluding carboxylic acids is 1. The molecule has 0 saturated heterocycles. The van der Waals surface area contributed by atoms with Crippen LogP contribution in [0.5, 0.6) is 0 Å². The second-order valence-corrected chi connectivity index (χ2v) is 7.26. The Bertz CT molecular complexity index is 1120. The number of hydrogen-bond acceptors (Lipinski definition) is 4. The highest BCUT2D eigenvalue weighted by Gasteiger charge is 2.22. The average molecular weight is 398 g/mol. The molecule has 0 saturated carbocycles. The first-order chi connectivity index (χ1) is 13.1. The van der Waals surface area contributed by atoms with Crippen LogP contribution in [0.3, 0.4) is 0 Å². The molecule has 2 aromatic heterocycles. The maximum Gasteiger partial charge on any atom is 0.260 e. The van der Waals surface area contributed by atoms with Crippen LogP contribution in [0.1, 0.15) is 15.9 Å². The maximum absolute atomic E-state index is 13.6. The molecule has 2 heterocycles. The highest BCUT2D eigenvalue weighted by Crippen LogP contribution is 2.34. The molecule has 0 atom stereocenters. The lowest BCUT2D eigenvalue weighted by Crippen LogP contribution is -2.30. The van der Waals surface area contributed by atoms with E-state index in [1.54, 1.807) is 30.6 Å². The van der Waals surface area contributed by atoms with E-state index in [-0.39, 0.29) is 18.0 Å². The Morgan fingerprint density at radius 1 is 1.15 bits per heavy atom. The number of anilines is 1. The summed E-state index contributed by atoms with van der Waals surface area (Å²) in [5.41, 5.74) is 1.74. The van der Waals surface area contributed by atoms with Crippen LogP contribution in [-0.4, -0.2) is 15.9 Å². The van der Waals surface area contributed by atoms with Crippen LogP contribution in [0.15, 0.2) is 67.0 Å². The molecule has 7 heteroatoms. The van der Waals surface area contributed by atoms with Crippen LogP contribution in [0.4, 0.5) is 9.52 Å². The molecular formula is C20H13ClFN3OS. The molecule has 0 aliphatic rings. The molecule has 4 rings (SSSR count). The second kappa shape index (κ2) is 7.42. The van der Waals surface area contributed by atoms with E-state index in [1.165, 1.54) is 34.4 Å². The number of nitrogens with zero attached hydrogens (tertiary/aromatic N) is 3. The molecule has 0 bridgehead atoms. The van der Waals surface area contributed by atoms with E-state index in [0.29, 0.717) is 15.7 Å². The molecule has 0 spiro atoms. The summed E-state index contributed by atoms with van der Waals surface area (Å²) in [6, 6.07) is 14.8. The molecule has 27 heavy (non-hydrogen) atoms. The van der Waals surface area contributed by atoms with E-state index in [0.717, 1.165) is 10.3 Å². The van der Waals surface area contributed by atoms with Crippen molar-refractivity contribution in [3.63, 3.8) is 0 Å². The third-order valence-electron chi connectivity index (χ3n) is 3.97. The monoisotopic (exact) mass is 397 g/mol. The normalized spacial score (nSPS) is 10.9. The second-order valence-electron chi connectivity index (χ2n) is 5.85. The van der Waals surface area contributed by atoms with Crippen LogP contribution >= 0.6 is 22.9 Å². The number of benzene rings is 2. The molecule has 4 nitrogen and oxygen atoms in total. The van der Waals surface area contributed by atoms with Gasteiger partial charge in [0.25, 0.3) is 5.91 Å². The standard InChI is InChI=1S/C20H13ClFN3OS/c21-16-7-2-8-17-18(16)24-20(27-17)25(12-13-4-3-9-23-11-13)19(26)14-5-1-6-15(22)10-14/h1-11H,12H2. The lowest BCUT2D eigenvalue weighted by molar-refractivity contribution is 0.0984. The van der Waals surface area contributed by atoms with E-state index in [2.05, 4.69) is 9.97 Å². The first-order valence-electron chi connectivity index (χ1n) is 8.13. The van der Waals surface area contributed by atoms with Crippen LogP contribution in [0, 0.1) is 5.82 Å². The molecule has 0 fully saturated rings. The molecule has 0 radical (unpaired) electrons. The number of pyridine rings is 1. The fourth-order valence-corrected chi connectivity index (χ4v) is 3.96. The quantitative estimate of drug-likeness (QED) is 0.467. The average Bonchev–Trinajstić information content (AvgIpc) is 3.12. The highest BCUT2D eigenvalue weighted by molar-refractivity contribution is 7.22. The minimum atomic E-state index is -0.463. The summed E-state index contributed by atoms with van der Waals surface area (Å²) in [5.74, 6) is -0.803. The molecule has 0 aliphatic carbocycles. The van der Waals surface area contributed by atoms with Gasteiger partial charge in [0.05, 0.1) is 16.3 Å². The zero-order valence-corrected chi connectivity index (χ0v) is 15.5. The van der Waals surface area contributed by atoms with E-state index in [4.69, 9.17) is 11.6 Å². The minimum absolute atomic E-state index is 0.254. The Morgan fingerprint density at radius 2 is 2.00 bits per heavy atom. The molecule has 134 valence electrons. The van der Waals surface area contributed by atoms with Crippen molar-refractivity contribution in [2.24, 2.45) is 0 Å². The van der Waals surface area contributed by atoms with Gasteiger partial charge in [-0.2, -0.15) is 0 Å². The number of carbonyl (C=O) groups is 1. The van der Waals surface area contributed by atoms with Crippen molar-refractivity contribution in [2.45, 2.75) is 6.54 Å². The van der Waals surface area contributed by atoms with Gasteiger partial charge in [0.1, 0.15) is 11.3 Å². The number of para-hydroxylation sites is 1. The lowest BCUT2D eigenvalue weighted by Gasteiger charge is -2.20. The summed E-state index contributed by atoms with van der Waals surface area (Å²) in [5, 5.41) is 1.02. The van der Waals surface area contributed by atoms with Gasteiger partial charge in [-0.25, -0.2) is 9.37 Å². The van der Waals surface area contributed by atoms with Gasteiger partial charge in [-0.3, -0.25) is 14.7 Å². The van der Waals surface area contributed by atoms with E-state index >= 15 is 0 Å². The molecule has 0 unspecified atom stereocenters. The van der Waals surface area contributed by atoms with Gasteiger partial charge in [0.15, 0.2) is 5.13 Å². The Labute approximate surface area is 163 Å². The van der Waals surface area contributed by atoms with Gasteiger partial charge in [0.2, 0.25) is 0 Å². The Balaban J connectivity index is 1.79. The number of amides is 1. The van der Waals surface area contributed by atoms with Crippen LogP contribution < -0.4 is 4.90 Å². The van der Waals surface area contributed by atoms with Gasteiger partial charge < -0.3 is 0 Å². The first-order valence-corrected chi connectivity index (χ1v) is 9.32. The number of hydrogen-bond donors (Lipinski definition) is 0. The summed E-state index contributed by atoms with van der Waals surface area (Å²) >= 11 is 7.60. The van der Waals surface area contributed by atoms with Crippen molar-refractivity contribution < 1.29 is 9.18 Å². The van der Waals surface area contributed by atoms with Crippen LogP contribution in [0.2, 0.25) is 5.02 Å². The minimum Gasteiger partial charge on any atom is -0.279 e. The molecule has 0 aliphatic heterocycles. The SMILES string of the molecule is O=C(c1cccc(F)c1)N(Cc1cccnc1)c1nc2c(Cl)cccc2s1. The first kappa shape index (κ1) is 17.6. The molecule has 1 amide bonds.